The SMILES string of the molecule is CCO[Si](C)(C)C(C)C.Cc1cc1=O. The van der Waals surface area contributed by atoms with Gasteiger partial charge in [0.15, 0.2) is 13.7 Å². The van der Waals surface area contributed by atoms with Gasteiger partial charge in [-0.3, -0.25) is 4.79 Å². The molecule has 0 saturated carbocycles. The van der Waals surface area contributed by atoms with Gasteiger partial charge in [0.05, 0.1) is 0 Å². The van der Waals surface area contributed by atoms with Gasteiger partial charge in [0.2, 0.25) is 0 Å². The predicted octanol–water partition coefficient (Wildman–Crippen LogP) is 2.87. The molecule has 0 aliphatic rings. The molecule has 0 saturated heterocycles. The molecule has 1 aromatic rings. The molecule has 1 rings (SSSR count). The quantitative estimate of drug-likeness (QED) is 0.723. The molecule has 3 heteroatoms. The minimum atomic E-state index is -1.28. The minimum absolute atomic E-state index is 0.213. The molecule has 0 fully saturated rings. The lowest BCUT2D eigenvalue weighted by atomic mass is 10.6. The zero-order chi connectivity index (χ0) is 11.4. The van der Waals surface area contributed by atoms with Crippen LogP contribution in [0.2, 0.25) is 18.6 Å². The average Bonchev–Trinajstić information content (AvgIpc) is 2.65. The first-order valence-corrected chi connectivity index (χ1v) is 8.16. The lowest BCUT2D eigenvalue weighted by Gasteiger charge is -2.25. The highest BCUT2D eigenvalue weighted by atomic mass is 28.4. The summed E-state index contributed by atoms with van der Waals surface area (Å²) in [5, 5.41) is 0. The van der Waals surface area contributed by atoms with Crippen LogP contribution in [0.1, 0.15) is 26.3 Å². The van der Waals surface area contributed by atoms with Gasteiger partial charge < -0.3 is 4.43 Å². The van der Waals surface area contributed by atoms with Gasteiger partial charge in [0.25, 0.3) is 0 Å². The maximum Gasteiger partial charge on any atom is 0.189 e. The number of hydrogen-bond acceptors (Lipinski definition) is 2. The Morgan fingerprint density at radius 2 is 1.79 bits per heavy atom. The normalized spacial score (nSPS) is 11.6. The predicted molar refractivity (Wildman–Crippen MR) is 64.0 cm³/mol. The van der Waals surface area contributed by atoms with Crippen molar-refractivity contribution >= 4 is 8.32 Å². The van der Waals surface area contributed by atoms with E-state index in [0.717, 1.165) is 17.7 Å². The van der Waals surface area contributed by atoms with Crippen molar-refractivity contribution in [3.63, 3.8) is 0 Å². The molecule has 0 heterocycles. The van der Waals surface area contributed by atoms with Crippen molar-refractivity contribution in [1.82, 2.24) is 0 Å². The Morgan fingerprint density at radius 1 is 1.43 bits per heavy atom. The van der Waals surface area contributed by atoms with E-state index in [4.69, 9.17) is 4.43 Å². The molecule has 0 radical (unpaired) electrons. The van der Waals surface area contributed by atoms with Gasteiger partial charge in [-0.05, 0) is 38.5 Å². The molecular formula is C11H22O2Si. The molecule has 0 N–H and O–H groups in total. The third-order valence-corrected chi connectivity index (χ3v) is 6.37. The maximum atomic E-state index is 9.79. The Hall–Kier alpha value is -0.413. The van der Waals surface area contributed by atoms with Gasteiger partial charge in [0.1, 0.15) is 0 Å². The number of rotatable bonds is 3. The summed E-state index contributed by atoms with van der Waals surface area (Å²) in [6.45, 7) is 13.8. The second kappa shape index (κ2) is 5.46. The van der Waals surface area contributed by atoms with E-state index in [0.29, 0.717) is 0 Å². The van der Waals surface area contributed by atoms with Crippen molar-refractivity contribution in [1.29, 1.82) is 0 Å². The smallest absolute Gasteiger partial charge is 0.189 e. The first-order chi connectivity index (χ1) is 6.31. The van der Waals surface area contributed by atoms with E-state index in [-0.39, 0.29) is 5.43 Å². The van der Waals surface area contributed by atoms with Crippen LogP contribution >= 0.6 is 0 Å². The summed E-state index contributed by atoms with van der Waals surface area (Å²) in [4.78, 5) is 9.79. The lowest BCUT2D eigenvalue weighted by Crippen LogP contribution is -2.33. The summed E-state index contributed by atoms with van der Waals surface area (Å²) in [5.74, 6) is 0. The van der Waals surface area contributed by atoms with E-state index < -0.39 is 8.32 Å². The van der Waals surface area contributed by atoms with Crippen LogP contribution in [-0.2, 0) is 4.43 Å². The van der Waals surface area contributed by atoms with Crippen molar-refractivity contribution in [2.75, 3.05) is 6.61 Å². The van der Waals surface area contributed by atoms with Crippen LogP contribution in [0.5, 0.6) is 0 Å². The zero-order valence-electron chi connectivity index (χ0n) is 10.2. The van der Waals surface area contributed by atoms with Crippen LogP contribution in [0.3, 0.4) is 0 Å². The zero-order valence-corrected chi connectivity index (χ0v) is 11.2. The second-order valence-electron chi connectivity index (χ2n) is 4.38. The van der Waals surface area contributed by atoms with Gasteiger partial charge in [-0.1, -0.05) is 13.8 Å². The van der Waals surface area contributed by atoms with E-state index in [1.807, 2.05) is 6.92 Å². The Bertz CT molecular complexity index is 270. The van der Waals surface area contributed by atoms with Gasteiger partial charge in [0, 0.05) is 12.2 Å². The van der Waals surface area contributed by atoms with Crippen LogP contribution in [0, 0.1) is 6.92 Å². The summed E-state index contributed by atoms with van der Waals surface area (Å²) >= 11 is 0. The first kappa shape index (κ1) is 13.6. The minimum Gasteiger partial charge on any atom is -0.417 e. The number of hydrogen-bond donors (Lipinski definition) is 0. The maximum absolute atomic E-state index is 9.79. The first-order valence-electron chi connectivity index (χ1n) is 5.17. The van der Waals surface area contributed by atoms with Crippen molar-refractivity contribution in [3.05, 3.63) is 21.9 Å². The van der Waals surface area contributed by atoms with Crippen LogP contribution in [0.25, 0.3) is 0 Å². The molecular weight excluding hydrogens is 192 g/mol. The van der Waals surface area contributed by atoms with Crippen molar-refractivity contribution < 1.29 is 4.43 Å². The van der Waals surface area contributed by atoms with E-state index in [1.54, 1.807) is 6.07 Å². The third-order valence-electron chi connectivity index (χ3n) is 2.56. The topological polar surface area (TPSA) is 26.3 Å². The van der Waals surface area contributed by atoms with E-state index in [9.17, 15) is 4.79 Å². The molecule has 0 bridgehead atoms. The fraction of sp³-hybridized carbons (Fsp3) is 0.727. The molecule has 82 valence electrons. The summed E-state index contributed by atoms with van der Waals surface area (Å²) in [6.07, 6.45) is 0. The van der Waals surface area contributed by atoms with E-state index in [1.165, 1.54) is 0 Å². The third kappa shape index (κ3) is 5.35. The average molecular weight is 214 g/mol. The van der Waals surface area contributed by atoms with Gasteiger partial charge in [-0.25, -0.2) is 0 Å². The molecule has 0 aliphatic carbocycles. The summed E-state index contributed by atoms with van der Waals surface area (Å²) in [6, 6.07) is 1.61. The fourth-order valence-corrected chi connectivity index (χ4v) is 1.78. The molecule has 2 nitrogen and oxygen atoms in total. The summed E-state index contributed by atoms with van der Waals surface area (Å²) < 4.78 is 5.63. The molecule has 14 heavy (non-hydrogen) atoms. The van der Waals surface area contributed by atoms with Gasteiger partial charge in [-0.2, -0.15) is 0 Å². The molecule has 0 atom stereocenters. The molecule has 0 aliphatic heterocycles. The Kier molecular flexibility index (Phi) is 5.30. The van der Waals surface area contributed by atoms with Crippen molar-refractivity contribution in [3.8, 4) is 0 Å². The Morgan fingerprint density at radius 3 is 1.86 bits per heavy atom. The fourth-order valence-electron chi connectivity index (χ4n) is 0.699. The van der Waals surface area contributed by atoms with Gasteiger partial charge in [-0.15, -0.1) is 0 Å². The highest BCUT2D eigenvalue weighted by molar-refractivity contribution is 6.72. The standard InChI is InChI=1S/C7H18OSi.C4H4O/c1-6-8-9(4,5)7(2)3;1-3-2-4(3)5/h7H,6H2,1-5H3;2H,1H3. The van der Waals surface area contributed by atoms with E-state index in [2.05, 4.69) is 33.9 Å². The lowest BCUT2D eigenvalue weighted by molar-refractivity contribution is 0.323. The molecule has 0 amide bonds. The highest BCUT2D eigenvalue weighted by Crippen LogP contribution is 2.20. The van der Waals surface area contributed by atoms with Crippen LogP contribution in [-0.4, -0.2) is 14.9 Å². The molecule has 0 aromatic heterocycles. The van der Waals surface area contributed by atoms with E-state index >= 15 is 0 Å². The summed E-state index contributed by atoms with van der Waals surface area (Å²) in [5.41, 5.74) is 1.85. The molecule has 1 aromatic carbocycles. The molecule has 0 unspecified atom stereocenters. The Labute approximate surface area is 88.1 Å². The van der Waals surface area contributed by atoms with Crippen LogP contribution in [0.4, 0.5) is 0 Å². The van der Waals surface area contributed by atoms with Crippen LogP contribution in [0.15, 0.2) is 10.9 Å². The van der Waals surface area contributed by atoms with Crippen LogP contribution < -0.4 is 5.43 Å². The largest absolute Gasteiger partial charge is 0.417 e. The van der Waals surface area contributed by atoms with Crippen molar-refractivity contribution in [2.24, 2.45) is 0 Å². The Balaban J connectivity index is 0.000000280. The van der Waals surface area contributed by atoms with Gasteiger partial charge >= 0.3 is 0 Å². The van der Waals surface area contributed by atoms with Crippen molar-refractivity contribution in [2.45, 2.75) is 46.3 Å². The summed E-state index contributed by atoms with van der Waals surface area (Å²) in [7, 11) is -1.28. The molecule has 0 spiro atoms. The second-order valence-corrected chi connectivity index (χ2v) is 9.03. The monoisotopic (exact) mass is 214 g/mol. The highest BCUT2D eigenvalue weighted by Gasteiger charge is 2.25. The number of aryl methyl sites for hydroxylation is 1.